The third-order valence-electron chi connectivity index (χ3n) is 3.51. The molecule has 0 unspecified atom stereocenters. The second kappa shape index (κ2) is 8.94. The van der Waals surface area contributed by atoms with Gasteiger partial charge in [0.1, 0.15) is 6.61 Å². The SMILES string of the molecule is COc1cc(CNC(=O)Nc2cc(C)cc(C)c2)ccc1OCCO. The molecule has 0 saturated carbocycles. The zero-order valence-electron chi connectivity index (χ0n) is 14.8. The fraction of sp³-hybridized carbons (Fsp3) is 0.316. The van der Waals surface area contributed by atoms with E-state index in [0.29, 0.717) is 18.0 Å². The molecule has 0 heterocycles. The highest BCUT2D eigenvalue weighted by Gasteiger charge is 2.07. The van der Waals surface area contributed by atoms with Crippen molar-refractivity contribution in [2.45, 2.75) is 20.4 Å². The monoisotopic (exact) mass is 344 g/mol. The van der Waals surface area contributed by atoms with Gasteiger partial charge in [-0.25, -0.2) is 4.79 Å². The number of hydrogen-bond donors (Lipinski definition) is 3. The lowest BCUT2D eigenvalue weighted by atomic mass is 10.1. The number of carbonyl (C=O) groups is 1. The summed E-state index contributed by atoms with van der Waals surface area (Å²) in [6.45, 7) is 4.47. The van der Waals surface area contributed by atoms with Gasteiger partial charge in [-0.1, -0.05) is 12.1 Å². The lowest BCUT2D eigenvalue weighted by Crippen LogP contribution is -2.28. The number of rotatable bonds is 7. The number of aryl methyl sites for hydroxylation is 2. The van der Waals surface area contributed by atoms with Crippen molar-refractivity contribution >= 4 is 11.7 Å². The lowest BCUT2D eigenvalue weighted by molar-refractivity contribution is 0.196. The molecule has 6 heteroatoms. The number of methoxy groups -OCH3 is 1. The van der Waals surface area contributed by atoms with Crippen molar-refractivity contribution in [1.29, 1.82) is 0 Å². The van der Waals surface area contributed by atoms with Gasteiger partial charge < -0.3 is 25.2 Å². The molecule has 6 nitrogen and oxygen atoms in total. The normalized spacial score (nSPS) is 10.2. The number of nitrogens with one attached hydrogen (secondary N) is 2. The second-order valence-corrected chi connectivity index (χ2v) is 5.74. The maximum Gasteiger partial charge on any atom is 0.319 e. The van der Waals surface area contributed by atoms with Crippen molar-refractivity contribution < 1.29 is 19.4 Å². The summed E-state index contributed by atoms with van der Waals surface area (Å²) in [4.78, 5) is 12.1. The molecular weight excluding hydrogens is 320 g/mol. The Labute approximate surface area is 147 Å². The molecule has 0 saturated heterocycles. The molecule has 0 aliphatic heterocycles. The van der Waals surface area contributed by atoms with Gasteiger partial charge in [-0.15, -0.1) is 0 Å². The summed E-state index contributed by atoms with van der Waals surface area (Å²) < 4.78 is 10.7. The van der Waals surface area contributed by atoms with Gasteiger partial charge in [-0.05, 0) is 54.8 Å². The van der Waals surface area contributed by atoms with Gasteiger partial charge in [0.2, 0.25) is 0 Å². The van der Waals surface area contributed by atoms with Gasteiger partial charge in [-0.3, -0.25) is 0 Å². The highest BCUT2D eigenvalue weighted by Crippen LogP contribution is 2.28. The van der Waals surface area contributed by atoms with E-state index in [2.05, 4.69) is 16.7 Å². The molecule has 0 bridgehead atoms. The van der Waals surface area contributed by atoms with Crippen LogP contribution in [0.5, 0.6) is 11.5 Å². The van der Waals surface area contributed by atoms with Crippen molar-refractivity contribution in [2.24, 2.45) is 0 Å². The van der Waals surface area contributed by atoms with Crippen molar-refractivity contribution in [3.8, 4) is 11.5 Å². The summed E-state index contributed by atoms with van der Waals surface area (Å²) in [5, 5.41) is 14.5. The Kier molecular flexibility index (Phi) is 6.65. The minimum atomic E-state index is -0.274. The second-order valence-electron chi connectivity index (χ2n) is 5.74. The number of ether oxygens (including phenoxy) is 2. The summed E-state index contributed by atoms with van der Waals surface area (Å²) >= 11 is 0. The van der Waals surface area contributed by atoms with Crippen LogP contribution in [0.3, 0.4) is 0 Å². The van der Waals surface area contributed by atoms with E-state index in [4.69, 9.17) is 14.6 Å². The van der Waals surface area contributed by atoms with Crippen LogP contribution in [0.15, 0.2) is 36.4 Å². The van der Waals surface area contributed by atoms with E-state index in [9.17, 15) is 4.79 Å². The van der Waals surface area contributed by atoms with Crippen LogP contribution in [0.2, 0.25) is 0 Å². The lowest BCUT2D eigenvalue weighted by Gasteiger charge is -2.12. The van der Waals surface area contributed by atoms with Crippen LogP contribution >= 0.6 is 0 Å². The van der Waals surface area contributed by atoms with E-state index in [1.54, 1.807) is 19.2 Å². The van der Waals surface area contributed by atoms with Crippen LogP contribution in [0.1, 0.15) is 16.7 Å². The number of benzene rings is 2. The summed E-state index contributed by atoms with van der Waals surface area (Å²) in [6, 6.07) is 11.0. The molecule has 0 aliphatic carbocycles. The Morgan fingerprint density at radius 2 is 1.80 bits per heavy atom. The average molecular weight is 344 g/mol. The minimum Gasteiger partial charge on any atom is -0.493 e. The first-order valence-electron chi connectivity index (χ1n) is 8.05. The molecule has 3 N–H and O–H groups in total. The van der Waals surface area contributed by atoms with Gasteiger partial charge >= 0.3 is 6.03 Å². The number of aliphatic hydroxyl groups excluding tert-OH is 1. The molecule has 0 radical (unpaired) electrons. The van der Waals surface area contributed by atoms with Gasteiger partial charge in [0.25, 0.3) is 0 Å². The quantitative estimate of drug-likeness (QED) is 0.721. The van der Waals surface area contributed by atoms with Crippen molar-refractivity contribution in [3.05, 3.63) is 53.1 Å². The summed E-state index contributed by atoms with van der Waals surface area (Å²) in [5.41, 5.74) is 3.83. The van der Waals surface area contributed by atoms with Crippen LogP contribution in [-0.4, -0.2) is 31.5 Å². The van der Waals surface area contributed by atoms with E-state index < -0.39 is 0 Å². The number of urea groups is 1. The van der Waals surface area contributed by atoms with Crippen LogP contribution in [-0.2, 0) is 6.54 Å². The maximum atomic E-state index is 12.1. The highest BCUT2D eigenvalue weighted by atomic mass is 16.5. The topological polar surface area (TPSA) is 79.8 Å². The molecule has 0 spiro atoms. The number of carbonyl (C=O) groups excluding carboxylic acids is 1. The molecule has 0 atom stereocenters. The molecular formula is C19H24N2O4. The molecule has 134 valence electrons. The Balaban J connectivity index is 1.94. The molecule has 25 heavy (non-hydrogen) atoms. The number of amides is 2. The molecule has 0 aliphatic rings. The fourth-order valence-electron chi connectivity index (χ4n) is 2.50. The molecule has 2 rings (SSSR count). The number of hydrogen-bond acceptors (Lipinski definition) is 4. The van der Waals surface area contributed by atoms with Crippen LogP contribution in [0, 0.1) is 13.8 Å². The molecule has 2 aromatic rings. The van der Waals surface area contributed by atoms with Gasteiger partial charge in [0.15, 0.2) is 11.5 Å². The summed E-state index contributed by atoms with van der Waals surface area (Å²) in [5.74, 6) is 1.11. The van der Waals surface area contributed by atoms with Gasteiger partial charge in [0.05, 0.1) is 13.7 Å². The van der Waals surface area contributed by atoms with Gasteiger partial charge in [0, 0.05) is 12.2 Å². The predicted molar refractivity (Wildman–Crippen MR) is 97.3 cm³/mol. The van der Waals surface area contributed by atoms with E-state index in [0.717, 1.165) is 22.4 Å². The standard InChI is InChI=1S/C19H24N2O4/c1-13-8-14(2)10-16(9-13)21-19(23)20-12-15-4-5-17(25-7-6-22)18(11-15)24-3/h4-5,8-11,22H,6-7,12H2,1-3H3,(H2,20,21,23). The molecule has 2 aromatic carbocycles. The molecule has 0 fully saturated rings. The van der Waals surface area contributed by atoms with E-state index in [1.165, 1.54) is 0 Å². The Bertz CT molecular complexity index is 711. The molecule has 0 aromatic heterocycles. The van der Waals surface area contributed by atoms with Crippen LogP contribution in [0.25, 0.3) is 0 Å². The third-order valence-corrected chi connectivity index (χ3v) is 3.51. The Morgan fingerprint density at radius 3 is 2.44 bits per heavy atom. The Hall–Kier alpha value is -2.73. The first-order valence-corrected chi connectivity index (χ1v) is 8.05. The minimum absolute atomic E-state index is 0.0644. The van der Waals surface area contributed by atoms with Crippen molar-refractivity contribution in [2.75, 3.05) is 25.6 Å². The summed E-state index contributed by atoms with van der Waals surface area (Å²) in [7, 11) is 1.55. The van der Waals surface area contributed by atoms with E-state index in [1.807, 2.05) is 32.0 Å². The fourth-order valence-corrected chi connectivity index (χ4v) is 2.50. The average Bonchev–Trinajstić information content (AvgIpc) is 2.57. The smallest absolute Gasteiger partial charge is 0.319 e. The van der Waals surface area contributed by atoms with Crippen molar-refractivity contribution in [3.63, 3.8) is 0 Å². The first-order chi connectivity index (χ1) is 12.0. The number of aliphatic hydroxyl groups is 1. The zero-order valence-corrected chi connectivity index (χ0v) is 14.8. The largest absolute Gasteiger partial charge is 0.493 e. The van der Waals surface area contributed by atoms with Crippen molar-refractivity contribution in [1.82, 2.24) is 5.32 Å². The molecule has 2 amide bonds. The Morgan fingerprint density at radius 1 is 1.08 bits per heavy atom. The predicted octanol–water partition coefficient (Wildman–Crippen LogP) is 3.00. The van der Waals surface area contributed by atoms with Crippen LogP contribution in [0.4, 0.5) is 10.5 Å². The summed E-state index contributed by atoms with van der Waals surface area (Å²) in [6.07, 6.45) is 0. The maximum absolute atomic E-state index is 12.1. The third kappa shape index (κ3) is 5.69. The first kappa shape index (κ1) is 18.6. The van der Waals surface area contributed by atoms with Gasteiger partial charge in [-0.2, -0.15) is 0 Å². The number of anilines is 1. The highest BCUT2D eigenvalue weighted by molar-refractivity contribution is 5.89. The van der Waals surface area contributed by atoms with E-state index in [-0.39, 0.29) is 19.2 Å². The van der Waals surface area contributed by atoms with Crippen LogP contribution < -0.4 is 20.1 Å². The zero-order chi connectivity index (χ0) is 18.2. The van der Waals surface area contributed by atoms with E-state index >= 15 is 0 Å².